The predicted molar refractivity (Wildman–Crippen MR) is 102 cm³/mol. The van der Waals surface area contributed by atoms with Crippen LogP contribution in [0.15, 0.2) is 78.0 Å². The second-order valence-corrected chi connectivity index (χ2v) is 7.24. The average Bonchev–Trinajstić information content (AvgIpc) is 2.69. The van der Waals surface area contributed by atoms with Crippen molar-refractivity contribution in [3.63, 3.8) is 0 Å². The summed E-state index contributed by atoms with van der Waals surface area (Å²) in [7, 11) is -2.22. The molecule has 0 aliphatic rings. The largest absolute Gasteiger partial charge is 0.497 e. The summed E-state index contributed by atoms with van der Waals surface area (Å²) < 4.78 is 32.3. The second-order valence-electron chi connectivity index (χ2n) is 5.56. The van der Waals surface area contributed by atoms with Crippen LogP contribution in [0, 0.1) is 0 Å². The Morgan fingerprint density at radius 2 is 1.78 bits per heavy atom. The van der Waals surface area contributed by atoms with Gasteiger partial charge in [-0.05, 0) is 54.6 Å². The quantitative estimate of drug-likeness (QED) is 0.681. The van der Waals surface area contributed by atoms with Crippen LogP contribution in [0.4, 0.5) is 11.4 Å². The van der Waals surface area contributed by atoms with Crippen molar-refractivity contribution in [1.29, 1.82) is 0 Å². The number of amides is 1. The van der Waals surface area contributed by atoms with Crippen LogP contribution in [0.1, 0.15) is 10.4 Å². The van der Waals surface area contributed by atoms with Crippen LogP contribution in [-0.2, 0) is 10.0 Å². The number of sulfonamides is 1. The lowest BCUT2D eigenvalue weighted by Gasteiger charge is -2.09. The van der Waals surface area contributed by atoms with Crippen molar-refractivity contribution in [2.45, 2.75) is 4.90 Å². The molecule has 0 unspecified atom stereocenters. The molecule has 0 saturated heterocycles. The number of aromatic nitrogens is 1. The monoisotopic (exact) mass is 383 g/mol. The van der Waals surface area contributed by atoms with E-state index in [2.05, 4.69) is 15.0 Å². The molecule has 1 heterocycles. The van der Waals surface area contributed by atoms with Crippen LogP contribution >= 0.6 is 0 Å². The van der Waals surface area contributed by atoms with Gasteiger partial charge in [0.15, 0.2) is 0 Å². The lowest BCUT2D eigenvalue weighted by atomic mass is 10.2. The molecule has 7 nitrogen and oxygen atoms in total. The number of benzene rings is 2. The van der Waals surface area contributed by atoms with E-state index in [0.29, 0.717) is 22.7 Å². The summed E-state index contributed by atoms with van der Waals surface area (Å²) in [4.78, 5) is 16.2. The predicted octanol–water partition coefficient (Wildman–Crippen LogP) is 3.14. The Kier molecular flexibility index (Phi) is 5.37. The zero-order valence-electron chi connectivity index (χ0n) is 14.4. The number of pyridine rings is 1. The molecule has 1 amide bonds. The zero-order valence-corrected chi connectivity index (χ0v) is 15.2. The van der Waals surface area contributed by atoms with E-state index in [0.717, 1.165) is 0 Å². The van der Waals surface area contributed by atoms with E-state index < -0.39 is 10.0 Å². The van der Waals surface area contributed by atoms with E-state index in [-0.39, 0.29) is 10.8 Å². The van der Waals surface area contributed by atoms with E-state index in [1.165, 1.54) is 37.6 Å². The number of nitrogens with one attached hydrogen (secondary N) is 2. The second kappa shape index (κ2) is 7.88. The van der Waals surface area contributed by atoms with Crippen LogP contribution in [0.25, 0.3) is 0 Å². The number of ether oxygens (including phenoxy) is 1. The first-order valence-corrected chi connectivity index (χ1v) is 9.44. The van der Waals surface area contributed by atoms with Crippen LogP contribution in [0.2, 0.25) is 0 Å². The molecule has 0 radical (unpaired) electrons. The van der Waals surface area contributed by atoms with E-state index in [1.807, 2.05) is 0 Å². The maximum atomic E-state index is 12.4. The standard InChI is InChI=1S/C19H17N3O4S/c1-26-17-6-2-4-14(12-17)19(23)21-15-7-9-18(10-8-15)27(24,25)22-16-5-3-11-20-13-16/h2-13,22H,1H3,(H,21,23). The van der Waals surface area contributed by atoms with Gasteiger partial charge in [0.05, 0.1) is 23.9 Å². The Morgan fingerprint density at radius 3 is 2.44 bits per heavy atom. The minimum Gasteiger partial charge on any atom is -0.497 e. The number of carbonyl (C=O) groups excluding carboxylic acids is 1. The Balaban J connectivity index is 1.72. The smallest absolute Gasteiger partial charge is 0.261 e. The molecular formula is C19H17N3O4S. The van der Waals surface area contributed by atoms with Crippen molar-refractivity contribution in [2.24, 2.45) is 0 Å². The lowest BCUT2D eigenvalue weighted by Crippen LogP contribution is -2.14. The summed E-state index contributed by atoms with van der Waals surface area (Å²) in [6.07, 6.45) is 2.97. The van der Waals surface area contributed by atoms with Gasteiger partial charge in [0.2, 0.25) is 0 Å². The van der Waals surface area contributed by atoms with Crippen molar-refractivity contribution in [3.8, 4) is 5.75 Å². The minimum atomic E-state index is -3.74. The molecule has 3 aromatic rings. The van der Waals surface area contributed by atoms with E-state index in [9.17, 15) is 13.2 Å². The topological polar surface area (TPSA) is 97.4 Å². The van der Waals surface area contributed by atoms with Gasteiger partial charge in [-0.2, -0.15) is 0 Å². The highest BCUT2D eigenvalue weighted by Crippen LogP contribution is 2.19. The molecule has 0 saturated carbocycles. The number of hydrogen-bond donors (Lipinski definition) is 2. The summed E-state index contributed by atoms with van der Waals surface area (Å²) in [6.45, 7) is 0. The average molecular weight is 383 g/mol. The Hall–Kier alpha value is -3.39. The number of rotatable bonds is 6. The van der Waals surface area contributed by atoms with Crippen LogP contribution < -0.4 is 14.8 Å². The molecule has 0 atom stereocenters. The van der Waals surface area contributed by atoms with Crippen LogP contribution in [0.3, 0.4) is 0 Å². The summed E-state index contributed by atoms with van der Waals surface area (Å²) in [6, 6.07) is 15.9. The van der Waals surface area contributed by atoms with Gasteiger partial charge in [-0.3, -0.25) is 14.5 Å². The molecule has 27 heavy (non-hydrogen) atoms. The fraction of sp³-hybridized carbons (Fsp3) is 0.0526. The summed E-state index contributed by atoms with van der Waals surface area (Å²) >= 11 is 0. The molecule has 0 aliphatic heterocycles. The number of methoxy groups -OCH3 is 1. The van der Waals surface area contributed by atoms with Gasteiger partial charge in [0.25, 0.3) is 15.9 Å². The minimum absolute atomic E-state index is 0.0748. The third kappa shape index (κ3) is 4.62. The number of hydrogen-bond acceptors (Lipinski definition) is 5. The highest BCUT2D eigenvalue weighted by Gasteiger charge is 2.14. The molecule has 8 heteroatoms. The highest BCUT2D eigenvalue weighted by molar-refractivity contribution is 7.92. The van der Waals surface area contributed by atoms with Crippen LogP contribution in [-0.4, -0.2) is 26.4 Å². The first kappa shape index (κ1) is 18.4. The Bertz CT molecular complexity index is 1040. The van der Waals surface area contributed by atoms with Gasteiger partial charge >= 0.3 is 0 Å². The van der Waals surface area contributed by atoms with Crippen LogP contribution in [0.5, 0.6) is 5.75 Å². The molecule has 3 rings (SSSR count). The van der Waals surface area contributed by atoms with Gasteiger partial charge in [-0.15, -0.1) is 0 Å². The van der Waals surface area contributed by atoms with E-state index >= 15 is 0 Å². The summed E-state index contributed by atoms with van der Waals surface area (Å²) in [5.74, 6) is 0.253. The third-order valence-electron chi connectivity index (χ3n) is 3.67. The molecule has 2 aromatic carbocycles. The molecule has 0 aliphatic carbocycles. The molecule has 0 bridgehead atoms. The van der Waals surface area contributed by atoms with E-state index in [4.69, 9.17) is 4.74 Å². The molecule has 1 aromatic heterocycles. The Morgan fingerprint density at radius 1 is 1.00 bits per heavy atom. The number of nitrogens with zero attached hydrogens (tertiary/aromatic N) is 1. The van der Waals surface area contributed by atoms with Crippen molar-refractivity contribution in [2.75, 3.05) is 17.1 Å². The van der Waals surface area contributed by atoms with Crippen molar-refractivity contribution in [1.82, 2.24) is 4.98 Å². The summed E-state index contributed by atoms with van der Waals surface area (Å²) in [5.41, 5.74) is 1.28. The first-order chi connectivity index (χ1) is 13.0. The highest BCUT2D eigenvalue weighted by atomic mass is 32.2. The fourth-order valence-corrected chi connectivity index (χ4v) is 3.37. The van der Waals surface area contributed by atoms with E-state index in [1.54, 1.807) is 42.6 Å². The van der Waals surface area contributed by atoms with Crippen molar-refractivity contribution >= 4 is 27.3 Å². The number of anilines is 2. The fourth-order valence-electron chi connectivity index (χ4n) is 2.32. The van der Waals surface area contributed by atoms with Crippen molar-refractivity contribution in [3.05, 3.63) is 78.6 Å². The molecule has 138 valence electrons. The zero-order chi connectivity index (χ0) is 19.3. The Labute approximate surface area is 157 Å². The van der Waals surface area contributed by atoms with Gasteiger partial charge in [-0.1, -0.05) is 6.07 Å². The first-order valence-electron chi connectivity index (χ1n) is 7.96. The molecule has 0 fully saturated rings. The normalized spacial score (nSPS) is 10.9. The molecule has 0 spiro atoms. The van der Waals surface area contributed by atoms with Gasteiger partial charge in [-0.25, -0.2) is 8.42 Å². The maximum absolute atomic E-state index is 12.4. The number of carbonyl (C=O) groups is 1. The van der Waals surface area contributed by atoms with Gasteiger partial charge < -0.3 is 10.1 Å². The summed E-state index contributed by atoms with van der Waals surface area (Å²) in [5, 5.41) is 2.72. The van der Waals surface area contributed by atoms with Gasteiger partial charge in [0, 0.05) is 17.4 Å². The third-order valence-corrected chi connectivity index (χ3v) is 5.07. The molecule has 2 N–H and O–H groups in total. The van der Waals surface area contributed by atoms with Crippen molar-refractivity contribution < 1.29 is 17.9 Å². The van der Waals surface area contributed by atoms with Gasteiger partial charge in [0.1, 0.15) is 5.75 Å². The maximum Gasteiger partial charge on any atom is 0.261 e. The molecular weight excluding hydrogens is 366 g/mol. The SMILES string of the molecule is COc1cccc(C(=O)Nc2ccc(S(=O)(=O)Nc3cccnc3)cc2)c1. The lowest BCUT2D eigenvalue weighted by molar-refractivity contribution is 0.102.